The van der Waals surface area contributed by atoms with Gasteiger partial charge in [-0.15, -0.1) is 0 Å². The molecule has 0 aliphatic carbocycles. The molecule has 1 unspecified atom stereocenters. The molecule has 1 amide bonds. The number of hydrogen-bond donors (Lipinski definition) is 0. The molecule has 0 radical (unpaired) electrons. The van der Waals surface area contributed by atoms with Crippen molar-refractivity contribution < 1.29 is 9.18 Å². The number of benzene rings is 2. The lowest BCUT2D eigenvalue weighted by Gasteiger charge is -2.29. The molecular weight excluding hydrogens is 480 g/mol. The van der Waals surface area contributed by atoms with Gasteiger partial charge in [0, 0.05) is 11.1 Å². The predicted octanol–water partition coefficient (Wildman–Crippen LogP) is 6.73. The summed E-state index contributed by atoms with van der Waals surface area (Å²) in [5, 5.41) is 0.550. The van der Waals surface area contributed by atoms with Crippen LogP contribution in [0.3, 0.4) is 0 Å². The van der Waals surface area contributed by atoms with Gasteiger partial charge in [0.15, 0.2) is 16.2 Å². The number of aromatic nitrogens is 2. The van der Waals surface area contributed by atoms with Crippen LogP contribution in [0, 0.1) is 12.7 Å². The predicted molar refractivity (Wildman–Crippen MR) is 117 cm³/mol. The largest absolute Gasteiger partial charge is 0.317 e. The zero-order chi connectivity index (χ0) is 21.0. The van der Waals surface area contributed by atoms with Crippen molar-refractivity contribution in [2.75, 3.05) is 4.90 Å². The molecule has 1 aliphatic rings. The van der Waals surface area contributed by atoms with Gasteiger partial charge in [-0.25, -0.2) is 9.37 Å². The van der Waals surface area contributed by atoms with Gasteiger partial charge in [0.2, 0.25) is 0 Å². The molecule has 29 heavy (non-hydrogen) atoms. The fraction of sp³-hybridized carbons (Fsp3) is 0.238. The third kappa shape index (κ3) is 3.18. The molecule has 2 heterocycles. The van der Waals surface area contributed by atoms with E-state index >= 15 is 0 Å². The van der Waals surface area contributed by atoms with Crippen molar-refractivity contribution in [2.45, 2.75) is 32.9 Å². The molecule has 1 aliphatic heterocycles. The molecule has 150 valence electrons. The molecule has 8 heteroatoms. The minimum absolute atomic E-state index is 0.0349. The summed E-state index contributed by atoms with van der Waals surface area (Å²) >= 11 is 15.6. The number of imidazole rings is 1. The Bertz CT molecular complexity index is 1150. The van der Waals surface area contributed by atoms with Gasteiger partial charge in [0.1, 0.15) is 6.04 Å². The number of nitrogens with zero attached hydrogens (tertiary/aromatic N) is 3. The molecule has 0 saturated carbocycles. The molecule has 3 aromatic rings. The van der Waals surface area contributed by atoms with Crippen LogP contribution in [0.15, 0.2) is 41.1 Å². The highest BCUT2D eigenvalue weighted by Gasteiger charge is 2.45. The Balaban J connectivity index is 2.03. The van der Waals surface area contributed by atoms with Crippen LogP contribution in [-0.4, -0.2) is 15.5 Å². The van der Waals surface area contributed by atoms with Gasteiger partial charge >= 0.3 is 0 Å². The average molecular weight is 497 g/mol. The van der Waals surface area contributed by atoms with Gasteiger partial charge in [-0.05, 0) is 72.1 Å². The highest BCUT2D eigenvalue weighted by Crippen LogP contribution is 2.46. The first-order valence-corrected chi connectivity index (χ1v) is 10.6. The van der Waals surface area contributed by atoms with Crippen molar-refractivity contribution in [1.82, 2.24) is 9.55 Å². The van der Waals surface area contributed by atoms with Crippen LogP contribution in [0.1, 0.15) is 53.2 Å². The van der Waals surface area contributed by atoms with Gasteiger partial charge in [-0.2, -0.15) is 0 Å². The summed E-state index contributed by atoms with van der Waals surface area (Å²) in [4.78, 5) is 19.3. The average Bonchev–Trinajstić information content (AvgIpc) is 3.11. The van der Waals surface area contributed by atoms with Crippen molar-refractivity contribution >= 4 is 50.7 Å². The summed E-state index contributed by atoms with van der Waals surface area (Å²) in [7, 11) is 0. The number of amides is 1. The van der Waals surface area contributed by atoms with Crippen LogP contribution in [-0.2, 0) is 0 Å². The Morgan fingerprint density at radius 2 is 1.93 bits per heavy atom. The van der Waals surface area contributed by atoms with E-state index in [-0.39, 0.29) is 22.7 Å². The topological polar surface area (TPSA) is 38.1 Å². The van der Waals surface area contributed by atoms with Crippen LogP contribution in [0.4, 0.5) is 10.1 Å². The number of fused-ring (bicyclic) bond motifs is 1. The lowest BCUT2D eigenvalue weighted by Crippen LogP contribution is -2.31. The molecule has 0 bridgehead atoms. The number of anilines is 1. The standard InChI is InChI=1S/C21H17BrCl2FN3O/c1-10(2)27-19-17(26-21(27)22)20(29)28(15-6-4-5-14(24)16(15)25)18(19)13-8-7-12(23)9-11(13)3/h4-10,18H,1-3H3. The SMILES string of the molecule is Cc1cc(Cl)ccc1C1c2c(nc(Br)n2C(C)C)C(=O)N1c1cccc(Cl)c1F. The second-order valence-corrected chi connectivity index (χ2v) is 8.78. The zero-order valence-electron chi connectivity index (χ0n) is 15.9. The summed E-state index contributed by atoms with van der Waals surface area (Å²) < 4.78 is 17.5. The summed E-state index contributed by atoms with van der Waals surface area (Å²) in [6, 6.07) is 9.57. The molecule has 2 aromatic carbocycles. The maximum Gasteiger partial charge on any atom is 0.279 e. The Labute approximate surface area is 186 Å². The van der Waals surface area contributed by atoms with Crippen molar-refractivity contribution in [3.63, 3.8) is 0 Å². The molecule has 4 nitrogen and oxygen atoms in total. The molecule has 1 aromatic heterocycles. The molecule has 0 fully saturated rings. The van der Waals surface area contributed by atoms with E-state index in [0.717, 1.165) is 11.1 Å². The van der Waals surface area contributed by atoms with Crippen LogP contribution in [0.2, 0.25) is 10.0 Å². The minimum atomic E-state index is -0.639. The molecule has 0 saturated heterocycles. The Kier molecular flexibility index (Phi) is 5.21. The van der Waals surface area contributed by atoms with E-state index in [1.807, 2.05) is 37.5 Å². The second kappa shape index (κ2) is 7.42. The molecule has 0 spiro atoms. The van der Waals surface area contributed by atoms with Crippen LogP contribution in [0.25, 0.3) is 0 Å². The van der Waals surface area contributed by atoms with Gasteiger partial charge in [-0.3, -0.25) is 9.69 Å². The smallest absolute Gasteiger partial charge is 0.279 e. The number of rotatable bonds is 3. The summed E-state index contributed by atoms with van der Waals surface area (Å²) in [6.07, 6.45) is 0. The normalized spacial score (nSPS) is 16.1. The van der Waals surface area contributed by atoms with E-state index in [4.69, 9.17) is 23.2 Å². The number of carbonyl (C=O) groups excluding carboxylic acids is 1. The maximum absolute atomic E-state index is 15.0. The molecule has 0 N–H and O–H groups in total. The molecular formula is C21H17BrCl2FN3O. The first-order chi connectivity index (χ1) is 13.7. The molecule has 1 atom stereocenters. The van der Waals surface area contributed by atoms with E-state index in [9.17, 15) is 9.18 Å². The number of hydrogen-bond acceptors (Lipinski definition) is 2. The quantitative estimate of drug-likeness (QED) is 0.403. The lowest BCUT2D eigenvalue weighted by atomic mass is 9.98. The summed E-state index contributed by atoms with van der Waals surface area (Å²) in [5.41, 5.74) is 2.86. The first-order valence-electron chi connectivity index (χ1n) is 9.03. The van der Waals surface area contributed by atoms with Crippen molar-refractivity contribution in [3.05, 3.63) is 79.5 Å². The van der Waals surface area contributed by atoms with E-state index in [1.54, 1.807) is 18.2 Å². The van der Waals surface area contributed by atoms with Gasteiger partial charge in [-0.1, -0.05) is 35.3 Å². The minimum Gasteiger partial charge on any atom is -0.317 e. The Morgan fingerprint density at radius 3 is 2.59 bits per heavy atom. The fourth-order valence-electron chi connectivity index (χ4n) is 3.84. The number of halogens is 4. The van der Waals surface area contributed by atoms with Crippen molar-refractivity contribution in [1.29, 1.82) is 0 Å². The first kappa shape index (κ1) is 20.4. The van der Waals surface area contributed by atoms with Crippen LogP contribution < -0.4 is 4.90 Å². The summed E-state index contributed by atoms with van der Waals surface area (Å²) in [6.45, 7) is 5.93. The third-order valence-electron chi connectivity index (χ3n) is 5.08. The summed E-state index contributed by atoms with van der Waals surface area (Å²) in [5.74, 6) is -1.01. The monoisotopic (exact) mass is 495 g/mol. The van der Waals surface area contributed by atoms with Gasteiger partial charge < -0.3 is 4.57 Å². The Morgan fingerprint density at radius 1 is 1.21 bits per heavy atom. The fourth-order valence-corrected chi connectivity index (χ4v) is 5.01. The third-order valence-corrected chi connectivity index (χ3v) is 6.16. The van der Waals surface area contributed by atoms with Gasteiger partial charge in [0.05, 0.1) is 16.4 Å². The van der Waals surface area contributed by atoms with Crippen molar-refractivity contribution in [2.24, 2.45) is 0 Å². The van der Waals surface area contributed by atoms with E-state index in [2.05, 4.69) is 20.9 Å². The number of aryl methyl sites for hydroxylation is 1. The highest BCUT2D eigenvalue weighted by molar-refractivity contribution is 9.10. The zero-order valence-corrected chi connectivity index (χ0v) is 19.0. The van der Waals surface area contributed by atoms with E-state index < -0.39 is 11.9 Å². The van der Waals surface area contributed by atoms with Crippen LogP contribution >= 0.6 is 39.1 Å². The Hall–Kier alpha value is -1.89. The lowest BCUT2D eigenvalue weighted by molar-refractivity contribution is 0.0988. The van der Waals surface area contributed by atoms with Gasteiger partial charge in [0.25, 0.3) is 5.91 Å². The maximum atomic E-state index is 15.0. The number of carbonyl (C=O) groups is 1. The second-order valence-electron chi connectivity index (χ2n) is 7.23. The highest BCUT2D eigenvalue weighted by atomic mass is 79.9. The van der Waals surface area contributed by atoms with Crippen molar-refractivity contribution in [3.8, 4) is 0 Å². The van der Waals surface area contributed by atoms with E-state index in [1.165, 1.54) is 11.0 Å². The van der Waals surface area contributed by atoms with Crippen LogP contribution in [0.5, 0.6) is 0 Å². The molecule has 4 rings (SSSR count). The van der Waals surface area contributed by atoms with E-state index in [0.29, 0.717) is 21.1 Å².